The monoisotopic (exact) mass is 263 g/mol. The number of hydrogen-bond donors (Lipinski definition) is 1. The fourth-order valence-corrected chi connectivity index (χ4v) is 1.71. The molecule has 2 N–H and O–H groups in total. The highest BCUT2D eigenvalue weighted by Crippen LogP contribution is 2.23. The summed E-state index contributed by atoms with van der Waals surface area (Å²) in [6.45, 7) is 2.60. The Hall–Kier alpha value is -1.81. The van der Waals surface area contributed by atoms with Gasteiger partial charge in [-0.05, 0) is 5.56 Å². The van der Waals surface area contributed by atoms with Gasteiger partial charge >= 0.3 is 0 Å². The maximum Gasteiger partial charge on any atom is 0.188 e. The summed E-state index contributed by atoms with van der Waals surface area (Å²) in [4.78, 5) is 0. The van der Waals surface area contributed by atoms with Crippen molar-refractivity contribution < 1.29 is 4.74 Å². The highest BCUT2D eigenvalue weighted by molar-refractivity contribution is 6.29. The number of benzene rings is 1. The molecule has 4 nitrogen and oxygen atoms in total. The van der Waals surface area contributed by atoms with Gasteiger partial charge in [-0.2, -0.15) is 0 Å². The average molecular weight is 264 g/mol. The van der Waals surface area contributed by atoms with Crippen molar-refractivity contribution in [2.75, 3.05) is 12.3 Å². The van der Waals surface area contributed by atoms with Gasteiger partial charge in [-0.15, -0.1) is 10.2 Å². The Bertz CT molecular complexity index is 519. The van der Waals surface area contributed by atoms with Crippen LogP contribution in [0.25, 0.3) is 0 Å². The van der Waals surface area contributed by atoms with Crippen LogP contribution in [0.3, 0.4) is 0 Å². The van der Waals surface area contributed by atoms with Gasteiger partial charge in [0.15, 0.2) is 16.7 Å². The molecule has 1 heterocycles. The first-order valence-corrected chi connectivity index (χ1v) is 6.01. The number of nitrogens with two attached hydrogens (primary N) is 1. The largest absolute Gasteiger partial charge is 0.489 e. The third kappa shape index (κ3) is 3.11. The number of halogens is 1. The number of rotatable bonds is 4. The van der Waals surface area contributed by atoms with Crippen molar-refractivity contribution in [3.05, 3.63) is 47.1 Å². The SMILES string of the molecule is CC(COc1cc(Cl)nnc1N)c1ccccc1. The van der Waals surface area contributed by atoms with E-state index in [1.807, 2.05) is 18.2 Å². The normalized spacial score (nSPS) is 12.1. The van der Waals surface area contributed by atoms with Gasteiger partial charge in [0.05, 0.1) is 6.61 Å². The maximum absolute atomic E-state index is 5.74. The van der Waals surface area contributed by atoms with Crippen molar-refractivity contribution in [2.24, 2.45) is 0 Å². The molecule has 0 saturated carbocycles. The third-order valence-corrected chi connectivity index (χ3v) is 2.80. The Morgan fingerprint density at radius 1 is 1.28 bits per heavy atom. The minimum Gasteiger partial charge on any atom is -0.489 e. The Morgan fingerprint density at radius 3 is 2.72 bits per heavy atom. The molecule has 0 aliphatic rings. The predicted octanol–water partition coefficient (Wildman–Crippen LogP) is 2.89. The van der Waals surface area contributed by atoms with Gasteiger partial charge in [-0.3, -0.25) is 0 Å². The molecular weight excluding hydrogens is 250 g/mol. The molecule has 0 saturated heterocycles. The van der Waals surface area contributed by atoms with E-state index >= 15 is 0 Å². The van der Waals surface area contributed by atoms with E-state index in [0.717, 1.165) is 0 Å². The molecule has 0 aliphatic carbocycles. The number of hydrogen-bond acceptors (Lipinski definition) is 4. The zero-order chi connectivity index (χ0) is 13.0. The van der Waals surface area contributed by atoms with Crippen molar-refractivity contribution in [1.82, 2.24) is 10.2 Å². The van der Waals surface area contributed by atoms with Crippen LogP contribution in [0.2, 0.25) is 5.15 Å². The molecule has 0 bridgehead atoms. The molecule has 1 aromatic carbocycles. The third-order valence-electron chi connectivity index (χ3n) is 2.61. The molecule has 2 aromatic rings. The van der Waals surface area contributed by atoms with Gasteiger partial charge in [0.1, 0.15) is 0 Å². The Balaban J connectivity index is 2.01. The highest BCUT2D eigenvalue weighted by Gasteiger charge is 2.09. The lowest BCUT2D eigenvalue weighted by molar-refractivity contribution is 0.296. The van der Waals surface area contributed by atoms with E-state index in [9.17, 15) is 0 Å². The van der Waals surface area contributed by atoms with E-state index in [1.54, 1.807) is 6.07 Å². The molecule has 1 atom stereocenters. The molecule has 0 aliphatic heterocycles. The fraction of sp³-hybridized carbons (Fsp3) is 0.231. The number of nitrogen functional groups attached to an aromatic ring is 1. The van der Waals surface area contributed by atoms with Gasteiger partial charge in [-0.25, -0.2) is 0 Å². The zero-order valence-corrected chi connectivity index (χ0v) is 10.8. The van der Waals surface area contributed by atoms with Crippen molar-refractivity contribution in [3.63, 3.8) is 0 Å². The smallest absolute Gasteiger partial charge is 0.188 e. The average Bonchev–Trinajstić information content (AvgIpc) is 2.40. The van der Waals surface area contributed by atoms with Crippen LogP contribution in [-0.2, 0) is 0 Å². The van der Waals surface area contributed by atoms with Crippen LogP contribution in [0.4, 0.5) is 5.82 Å². The second-order valence-electron chi connectivity index (χ2n) is 4.04. The molecule has 0 radical (unpaired) electrons. The van der Waals surface area contributed by atoms with Crippen LogP contribution < -0.4 is 10.5 Å². The van der Waals surface area contributed by atoms with Crippen molar-refractivity contribution in [3.8, 4) is 5.75 Å². The molecule has 0 spiro atoms. The summed E-state index contributed by atoms with van der Waals surface area (Å²) in [6, 6.07) is 11.7. The number of anilines is 1. The summed E-state index contributed by atoms with van der Waals surface area (Å²) in [7, 11) is 0. The van der Waals surface area contributed by atoms with Gasteiger partial charge in [-0.1, -0.05) is 48.9 Å². The minimum absolute atomic E-state index is 0.250. The quantitative estimate of drug-likeness (QED) is 0.921. The summed E-state index contributed by atoms with van der Waals surface area (Å²) in [5.41, 5.74) is 6.87. The van der Waals surface area contributed by atoms with Crippen LogP contribution >= 0.6 is 11.6 Å². The molecule has 2 rings (SSSR count). The lowest BCUT2D eigenvalue weighted by Gasteiger charge is -2.14. The van der Waals surface area contributed by atoms with E-state index in [-0.39, 0.29) is 16.9 Å². The van der Waals surface area contributed by atoms with Gasteiger partial charge in [0.2, 0.25) is 0 Å². The zero-order valence-electron chi connectivity index (χ0n) is 10.0. The first-order valence-electron chi connectivity index (χ1n) is 5.63. The summed E-state index contributed by atoms with van der Waals surface area (Å²) in [5.74, 6) is 0.981. The van der Waals surface area contributed by atoms with Gasteiger partial charge < -0.3 is 10.5 Å². The molecule has 5 heteroatoms. The molecule has 1 unspecified atom stereocenters. The molecular formula is C13H14ClN3O. The van der Waals surface area contributed by atoms with Crippen molar-refractivity contribution in [2.45, 2.75) is 12.8 Å². The summed E-state index contributed by atoms with van der Waals surface area (Å²) in [5, 5.41) is 7.61. The fourth-order valence-electron chi connectivity index (χ4n) is 1.57. The van der Waals surface area contributed by atoms with Crippen molar-refractivity contribution in [1.29, 1.82) is 0 Å². The second kappa shape index (κ2) is 5.69. The van der Waals surface area contributed by atoms with E-state index < -0.39 is 0 Å². The second-order valence-corrected chi connectivity index (χ2v) is 4.43. The molecule has 94 valence electrons. The molecule has 0 fully saturated rings. The lowest BCUT2D eigenvalue weighted by Crippen LogP contribution is -2.09. The Kier molecular flexibility index (Phi) is 3.99. The van der Waals surface area contributed by atoms with E-state index in [0.29, 0.717) is 12.4 Å². The van der Waals surface area contributed by atoms with Crippen LogP contribution in [0.5, 0.6) is 5.75 Å². The Morgan fingerprint density at radius 2 is 2.00 bits per heavy atom. The van der Waals surface area contributed by atoms with Crippen LogP contribution in [-0.4, -0.2) is 16.8 Å². The number of aromatic nitrogens is 2. The van der Waals surface area contributed by atoms with Crippen molar-refractivity contribution >= 4 is 17.4 Å². The summed E-state index contributed by atoms with van der Waals surface area (Å²) in [6.07, 6.45) is 0. The number of nitrogens with zero attached hydrogens (tertiary/aromatic N) is 2. The van der Waals surface area contributed by atoms with Crippen LogP contribution in [0, 0.1) is 0 Å². The first kappa shape index (κ1) is 12.6. The van der Waals surface area contributed by atoms with E-state index in [4.69, 9.17) is 22.1 Å². The summed E-state index contributed by atoms with van der Waals surface area (Å²) < 4.78 is 5.62. The minimum atomic E-state index is 0.250. The molecule has 18 heavy (non-hydrogen) atoms. The number of ether oxygens (including phenoxy) is 1. The van der Waals surface area contributed by atoms with Crippen LogP contribution in [0.1, 0.15) is 18.4 Å². The maximum atomic E-state index is 5.74. The summed E-state index contributed by atoms with van der Waals surface area (Å²) >= 11 is 5.74. The van der Waals surface area contributed by atoms with E-state index in [2.05, 4.69) is 29.3 Å². The Labute approximate surface area is 111 Å². The topological polar surface area (TPSA) is 61.0 Å². The molecule has 0 amide bonds. The standard InChI is InChI=1S/C13H14ClN3O/c1-9(10-5-3-2-4-6-10)8-18-11-7-12(14)16-17-13(11)15/h2-7,9H,8H2,1H3,(H2,15,17). The highest BCUT2D eigenvalue weighted by atomic mass is 35.5. The van der Waals surface area contributed by atoms with Crippen LogP contribution in [0.15, 0.2) is 36.4 Å². The predicted molar refractivity (Wildman–Crippen MR) is 71.8 cm³/mol. The first-order chi connectivity index (χ1) is 8.66. The van der Waals surface area contributed by atoms with Gasteiger partial charge in [0.25, 0.3) is 0 Å². The lowest BCUT2D eigenvalue weighted by atomic mass is 10.0. The van der Waals surface area contributed by atoms with Gasteiger partial charge in [0, 0.05) is 12.0 Å². The van der Waals surface area contributed by atoms with E-state index in [1.165, 1.54) is 5.56 Å². The molecule has 1 aromatic heterocycles.